The van der Waals surface area contributed by atoms with Crippen molar-refractivity contribution in [2.24, 2.45) is 28.6 Å². The van der Waals surface area contributed by atoms with Crippen molar-refractivity contribution in [3.05, 3.63) is 23.0 Å². The van der Waals surface area contributed by atoms with E-state index >= 15 is 0 Å². The van der Waals surface area contributed by atoms with Crippen molar-refractivity contribution in [2.75, 3.05) is 0 Å². The van der Waals surface area contributed by atoms with Gasteiger partial charge in [-0.2, -0.15) is 0 Å². The lowest BCUT2D eigenvalue weighted by Gasteiger charge is -2.57. The van der Waals surface area contributed by atoms with E-state index in [0.29, 0.717) is 17.8 Å². The highest BCUT2D eigenvalue weighted by Crippen LogP contribution is 2.66. The van der Waals surface area contributed by atoms with Crippen molar-refractivity contribution in [3.63, 3.8) is 0 Å². The minimum atomic E-state index is -0.210. The Hall–Kier alpha value is -1.58. The Morgan fingerprint density at radius 1 is 0.966 bits per heavy atom. The molecule has 4 heteroatoms. The van der Waals surface area contributed by atoms with Gasteiger partial charge in [0.15, 0.2) is 0 Å². The standard InChI is InChI=1S/C25H36O4/c1-15(28-16(2)26)21-8-9-22-20-7-6-18-14-19(29-17(3)27)10-12-24(18,4)23(20)11-13-25(21,22)5/h6,19-20,22-23H,7-14H2,1-5H3/b21-15+/t19-,20?,22?,23?,24-,25+/m0/s1. The van der Waals surface area contributed by atoms with Gasteiger partial charge in [0.25, 0.3) is 0 Å². The molecule has 0 N–H and O–H groups in total. The van der Waals surface area contributed by atoms with E-state index in [2.05, 4.69) is 19.9 Å². The van der Waals surface area contributed by atoms with Crippen LogP contribution in [0.2, 0.25) is 0 Å². The summed E-state index contributed by atoms with van der Waals surface area (Å²) in [5, 5.41) is 0. The van der Waals surface area contributed by atoms with Crippen LogP contribution in [0.5, 0.6) is 0 Å². The summed E-state index contributed by atoms with van der Waals surface area (Å²) in [7, 11) is 0. The topological polar surface area (TPSA) is 52.6 Å². The molecule has 0 bridgehead atoms. The Bertz CT molecular complexity index is 778. The zero-order valence-corrected chi connectivity index (χ0v) is 18.7. The first-order valence-corrected chi connectivity index (χ1v) is 11.4. The second kappa shape index (κ2) is 7.28. The number of allylic oxidation sites excluding steroid dienone is 3. The second-order valence-corrected chi connectivity index (χ2v) is 10.4. The quantitative estimate of drug-likeness (QED) is 0.338. The highest BCUT2D eigenvalue weighted by atomic mass is 16.5. The molecule has 3 saturated carbocycles. The zero-order chi connectivity index (χ0) is 21.0. The lowest BCUT2D eigenvalue weighted by Crippen LogP contribution is -2.49. The van der Waals surface area contributed by atoms with Crippen LogP contribution in [0.4, 0.5) is 0 Å². The maximum Gasteiger partial charge on any atom is 0.307 e. The maximum atomic E-state index is 11.5. The Labute approximate surface area is 175 Å². The number of hydrogen-bond donors (Lipinski definition) is 0. The van der Waals surface area contributed by atoms with E-state index < -0.39 is 0 Å². The highest BCUT2D eigenvalue weighted by molar-refractivity contribution is 5.67. The van der Waals surface area contributed by atoms with E-state index in [1.165, 1.54) is 44.3 Å². The summed E-state index contributed by atoms with van der Waals surface area (Å²) in [4.78, 5) is 22.9. The normalized spacial score (nSPS) is 42.7. The summed E-state index contributed by atoms with van der Waals surface area (Å²) in [5.41, 5.74) is 3.33. The van der Waals surface area contributed by atoms with Crippen LogP contribution in [0.15, 0.2) is 23.0 Å². The number of fused-ring (bicyclic) bond motifs is 5. The molecule has 3 unspecified atom stereocenters. The van der Waals surface area contributed by atoms with Gasteiger partial charge in [-0.05, 0) is 86.0 Å². The van der Waals surface area contributed by atoms with Gasteiger partial charge in [0.1, 0.15) is 11.9 Å². The number of carbonyl (C=O) groups is 2. The molecule has 0 aromatic heterocycles. The smallest absolute Gasteiger partial charge is 0.307 e. The molecule has 160 valence electrons. The van der Waals surface area contributed by atoms with Crippen LogP contribution in [-0.2, 0) is 19.1 Å². The molecule has 0 aromatic rings. The largest absolute Gasteiger partial charge is 0.462 e. The zero-order valence-electron chi connectivity index (χ0n) is 18.7. The number of esters is 2. The highest BCUT2D eigenvalue weighted by Gasteiger charge is 2.57. The van der Waals surface area contributed by atoms with Gasteiger partial charge in [-0.3, -0.25) is 9.59 Å². The molecule has 0 radical (unpaired) electrons. The van der Waals surface area contributed by atoms with Crippen molar-refractivity contribution in [1.82, 2.24) is 0 Å². The van der Waals surface area contributed by atoms with Crippen LogP contribution in [-0.4, -0.2) is 18.0 Å². The molecule has 3 fully saturated rings. The van der Waals surface area contributed by atoms with Gasteiger partial charge >= 0.3 is 11.9 Å². The van der Waals surface area contributed by atoms with Crippen LogP contribution in [0, 0.1) is 28.6 Å². The van der Waals surface area contributed by atoms with Gasteiger partial charge in [0.05, 0.1) is 0 Å². The predicted octanol–water partition coefficient (Wildman–Crippen LogP) is 5.72. The Morgan fingerprint density at radius 3 is 2.34 bits per heavy atom. The van der Waals surface area contributed by atoms with Crippen molar-refractivity contribution in [3.8, 4) is 0 Å². The first-order valence-electron chi connectivity index (χ1n) is 11.4. The van der Waals surface area contributed by atoms with E-state index in [4.69, 9.17) is 9.47 Å². The lowest BCUT2D eigenvalue weighted by atomic mass is 9.48. The summed E-state index contributed by atoms with van der Waals surface area (Å²) >= 11 is 0. The number of carbonyl (C=O) groups excluding carboxylic acids is 2. The molecular weight excluding hydrogens is 364 g/mol. The molecule has 4 nitrogen and oxygen atoms in total. The van der Waals surface area contributed by atoms with Gasteiger partial charge in [-0.15, -0.1) is 0 Å². The average Bonchev–Trinajstić information content (AvgIpc) is 2.98. The van der Waals surface area contributed by atoms with Gasteiger partial charge in [0, 0.05) is 20.3 Å². The fraction of sp³-hybridized carbons (Fsp3) is 0.760. The van der Waals surface area contributed by atoms with Crippen molar-refractivity contribution in [1.29, 1.82) is 0 Å². The molecule has 0 spiro atoms. The first kappa shape index (κ1) is 20.7. The number of ether oxygens (including phenoxy) is 2. The van der Waals surface area contributed by atoms with Crippen LogP contribution < -0.4 is 0 Å². The summed E-state index contributed by atoms with van der Waals surface area (Å²) in [6.45, 7) is 9.88. The Morgan fingerprint density at radius 2 is 1.66 bits per heavy atom. The summed E-state index contributed by atoms with van der Waals surface area (Å²) in [6, 6.07) is 0. The van der Waals surface area contributed by atoms with Crippen LogP contribution in [0.3, 0.4) is 0 Å². The fourth-order valence-corrected chi connectivity index (χ4v) is 7.63. The van der Waals surface area contributed by atoms with Crippen molar-refractivity contribution in [2.45, 2.75) is 92.1 Å². The van der Waals surface area contributed by atoms with Gasteiger partial charge in [-0.25, -0.2) is 0 Å². The third-order valence-corrected chi connectivity index (χ3v) is 8.90. The minimum Gasteiger partial charge on any atom is -0.462 e. The molecule has 0 amide bonds. The van der Waals surface area contributed by atoms with E-state index in [-0.39, 0.29) is 28.9 Å². The van der Waals surface area contributed by atoms with Gasteiger partial charge in [0.2, 0.25) is 0 Å². The molecule has 4 aliphatic rings. The molecule has 29 heavy (non-hydrogen) atoms. The number of rotatable bonds is 2. The summed E-state index contributed by atoms with van der Waals surface area (Å²) in [5.74, 6) is 2.57. The third kappa shape index (κ3) is 3.37. The van der Waals surface area contributed by atoms with E-state index in [1.54, 1.807) is 0 Å². The van der Waals surface area contributed by atoms with Crippen LogP contribution >= 0.6 is 0 Å². The van der Waals surface area contributed by atoms with Gasteiger partial charge < -0.3 is 9.47 Å². The molecule has 0 aromatic carbocycles. The van der Waals surface area contributed by atoms with Gasteiger partial charge in [-0.1, -0.05) is 25.5 Å². The average molecular weight is 401 g/mol. The van der Waals surface area contributed by atoms with E-state index in [9.17, 15) is 9.59 Å². The van der Waals surface area contributed by atoms with Crippen molar-refractivity contribution >= 4 is 11.9 Å². The van der Waals surface area contributed by atoms with Crippen LogP contribution in [0.1, 0.15) is 86.0 Å². The van der Waals surface area contributed by atoms with Crippen LogP contribution in [0.25, 0.3) is 0 Å². The Balaban J connectivity index is 1.59. The first-order chi connectivity index (χ1) is 13.6. The molecule has 0 saturated heterocycles. The van der Waals surface area contributed by atoms with Crippen molar-refractivity contribution < 1.29 is 19.1 Å². The lowest BCUT2D eigenvalue weighted by molar-refractivity contribution is -0.148. The molecule has 4 rings (SSSR count). The molecule has 6 atom stereocenters. The maximum absolute atomic E-state index is 11.5. The SMILES string of the molecule is CC(=O)O/C(C)=C1\CCC2C3CC=C4C[C@@H](OC(C)=O)CC[C@]4(C)C3CC[C@]12C. The predicted molar refractivity (Wildman–Crippen MR) is 112 cm³/mol. The molecule has 0 heterocycles. The fourth-order valence-electron chi connectivity index (χ4n) is 7.63. The molecular formula is C25H36O4. The summed E-state index contributed by atoms with van der Waals surface area (Å²) < 4.78 is 11.1. The third-order valence-electron chi connectivity index (χ3n) is 8.90. The molecule has 4 aliphatic carbocycles. The number of hydrogen-bond acceptors (Lipinski definition) is 4. The van der Waals surface area contributed by atoms with E-state index in [0.717, 1.165) is 37.9 Å². The monoisotopic (exact) mass is 400 g/mol. The second-order valence-electron chi connectivity index (χ2n) is 10.4. The van der Waals surface area contributed by atoms with E-state index in [1.807, 2.05) is 6.92 Å². The molecule has 0 aliphatic heterocycles. The Kier molecular flexibility index (Phi) is 5.19. The minimum absolute atomic E-state index is 0.0598. The summed E-state index contributed by atoms with van der Waals surface area (Å²) in [6.07, 6.45) is 11.4.